The lowest BCUT2D eigenvalue weighted by Crippen LogP contribution is -2.36. The lowest BCUT2D eigenvalue weighted by molar-refractivity contribution is 0.336. The van der Waals surface area contributed by atoms with Gasteiger partial charge in [0.1, 0.15) is 5.75 Å². The molecule has 0 aliphatic rings. The fourth-order valence-corrected chi connectivity index (χ4v) is 3.11. The highest BCUT2D eigenvalue weighted by atomic mass is 16.5. The minimum atomic E-state index is 0.657. The van der Waals surface area contributed by atoms with Crippen molar-refractivity contribution in [2.24, 2.45) is 12.0 Å². The first-order valence-electron chi connectivity index (χ1n) is 9.33. The molecule has 2 aromatic rings. The fourth-order valence-electron chi connectivity index (χ4n) is 3.11. The number of nitrogens with one attached hydrogen (secondary N) is 2. The van der Waals surface area contributed by atoms with Gasteiger partial charge in [-0.15, -0.1) is 0 Å². The standard InChI is InChI=1S/C20H31N5O/c1-6-17-16(18(7-2)25(5)24-17)14-23-20(21-4)22-13-15-11-9-10-12-19(15)26-8-3/h9-12H,6-8,13-14H2,1-5H3,(H2,21,22,23). The summed E-state index contributed by atoms with van der Waals surface area (Å²) in [5, 5.41) is 11.4. The molecule has 1 heterocycles. The largest absolute Gasteiger partial charge is 0.494 e. The van der Waals surface area contributed by atoms with Gasteiger partial charge >= 0.3 is 0 Å². The average Bonchev–Trinajstić information content (AvgIpc) is 2.97. The van der Waals surface area contributed by atoms with Gasteiger partial charge in [-0.2, -0.15) is 5.10 Å². The molecule has 0 atom stereocenters. The van der Waals surface area contributed by atoms with E-state index >= 15 is 0 Å². The van der Waals surface area contributed by atoms with E-state index in [2.05, 4.69) is 40.6 Å². The topological polar surface area (TPSA) is 63.5 Å². The van der Waals surface area contributed by atoms with E-state index in [-0.39, 0.29) is 0 Å². The van der Waals surface area contributed by atoms with Crippen LogP contribution in [-0.4, -0.2) is 29.4 Å². The van der Waals surface area contributed by atoms with Crippen molar-refractivity contribution in [1.82, 2.24) is 20.4 Å². The summed E-state index contributed by atoms with van der Waals surface area (Å²) in [5.41, 5.74) is 4.80. The van der Waals surface area contributed by atoms with Gasteiger partial charge in [0, 0.05) is 44.0 Å². The second-order valence-electron chi connectivity index (χ2n) is 6.02. The van der Waals surface area contributed by atoms with Crippen LogP contribution in [0.2, 0.25) is 0 Å². The summed E-state index contributed by atoms with van der Waals surface area (Å²) < 4.78 is 7.67. The molecule has 0 saturated carbocycles. The van der Waals surface area contributed by atoms with Crippen LogP contribution in [0.1, 0.15) is 43.3 Å². The number of hydrogen-bond acceptors (Lipinski definition) is 3. The third-order valence-electron chi connectivity index (χ3n) is 4.40. The molecule has 0 bridgehead atoms. The van der Waals surface area contributed by atoms with E-state index in [0.29, 0.717) is 19.7 Å². The predicted molar refractivity (Wildman–Crippen MR) is 107 cm³/mol. The summed E-state index contributed by atoms with van der Waals surface area (Å²) in [5.74, 6) is 1.68. The van der Waals surface area contributed by atoms with Gasteiger partial charge in [0.25, 0.3) is 0 Å². The van der Waals surface area contributed by atoms with Crippen molar-refractivity contribution >= 4 is 5.96 Å². The third-order valence-corrected chi connectivity index (χ3v) is 4.40. The monoisotopic (exact) mass is 357 g/mol. The lowest BCUT2D eigenvalue weighted by atomic mass is 10.1. The summed E-state index contributed by atoms with van der Waals surface area (Å²) in [6.45, 7) is 8.33. The van der Waals surface area contributed by atoms with Gasteiger partial charge in [-0.05, 0) is 25.8 Å². The summed E-state index contributed by atoms with van der Waals surface area (Å²) in [7, 11) is 3.80. The molecule has 0 spiro atoms. The number of aryl methyl sites for hydroxylation is 2. The third kappa shape index (κ3) is 4.77. The first kappa shape index (κ1) is 19.8. The minimum absolute atomic E-state index is 0.657. The van der Waals surface area contributed by atoms with Crippen molar-refractivity contribution < 1.29 is 4.74 Å². The quantitative estimate of drug-likeness (QED) is 0.563. The zero-order valence-electron chi connectivity index (χ0n) is 16.6. The van der Waals surface area contributed by atoms with Crippen LogP contribution in [0.15, 0.2) is 29.3 Å². The SMILES string of the molecule is CCOc1ccccc1CNC(=NC)NCc1c(CC)nn(C)c1CC. The molecule has 0 radical (unpaired) electrons. The van der Waals surface area contributed by atoms with Crippen molar-refractivity contribution in [2.75, 3.05) is 13.7 Å². The maximum atomic E-state index is 5.68. The van der Waals surface area contributed by atoms with Crippen molar-refractivity contribution in [3.05, 3.63) is 46.8 Å². The molecule has 1 aromatic heterocycles. The van der Waals surface area contributed by atoms with Crippen LogP contribution in [0.5, 0.6) is 5.75 Å². The molecule has 2 rings (SSSR count). The molecule has 0 aliphatic carbocycles. The number of hydrogen-bond donors (Lipinski definition) is 2. The normalized spacial score (nSPS) is 11.5. The molecule has 0 fully saturated rings. The van der Waals surface area contributed by atoms with Gasteiger partial charge in [0.2, 0.25) is 0 Å². The zero-order valence-corrected chi connectivity index (χ0v) is 16.6. The molecule has 2 N–H and O–H groups in total. The second kappa shape index (κ2) is 9.85. The Labute approximate surface area is 156 Å². The smallest absolute Gasteiger partial charge is 0.191 e. The summed E-state index contributed by atoms with van der Waals surface area (Å²) in [6.07, 6.45) is 1.90. The van der Waals surface area contributed by atoms with Crippen LogP contribution in [0, 0.1) is 0 Å². The molecule has 6 nitrogen and oxygen atoms in total. The summed E-state index contributed by atoms with van der Waals surface area (Å²) in [4.78, 5) is 4.34. The van der Waals surface area contributed by atoms with Gasteiger partial charge in [-0.25, -0.2) is 0 Å². The molecule has 26 heavy (non-hydrogen) atoms. The van der Waals surface area contributed by atoms with E-state index in [4.69, 9.17) is 4.74 Å². The maximum Gasteiger partial charge on any atom is 0.191 e. The Kier molecular flexibility index (Phi) is 7.51. The number of para-hydroxylation sites is 1. The van der Waals surface area contributed by atoms with Crippen LogP contribution >= 0.6 is 0 Å². The number of aromatic nitrogens is 2. The van der Waals surface area contributed by atoms with Gasteiger partial charge in [-0.1, -0.05) is 32.0 Å². The molecule has 142 valence electrons. The van der Waals surface area contributed by atoms with E-state index in [9.17, 15) is 0 Å². The fraction of sp³-hybridized carbons (Fsp3) is 0.500. The molecule has 0 aliphatic heterocycles. The van der Waals surface area contributed by atoms with E-state index < -0.39 is 0 Å². The number of aliphatic imine (C=N–C) groups is 1. The summed E-state index contributed by atoms with van der Waals surface area (Å²) in [6, 6.07) is 8.07. The number of guanidine groups is 1. The average molecular weight is 358 g/mol. The number of ether oxygens (including phenoxy) is 1. The molecular weight excluding hydrogens is 326 g/mol. The number of nitrogens with zero attached hydrogens (tertiary/aromatic N) is 3. The van der Waals surface area contributed by atoms with E-state index in [1.807, 2.05) is 36.9 Å². The Balaban J connectivity index is 2.01. The van der Waals surface area contributed by atoms with E-state index in [0.717, 1.165) is 35.8 Å². The molecule has 6 heteroatoms. The van der Waals surface area contributed by atoms with Gasteiger partial charge in [-0.3, -0.25) is 9.67 Å². The van der Waals surface area contributed by atoms with E-state index in [1.165, 1.54) is 11.3 Å². The highest BCUT2D eigenvalue weighted by Crippen LogP contribution is 2.18. The van der Waals surface area contributed by atoms with Crippen LogP contribution in [0.3, 0.4) is 0 Å². The highest BCUT2D eigenvalue weighted by Gasteiger charge is 2.14. The molecule has 0 saturated heterocycles. The minimum Gasteiger partial charge on any atom is -0.494 e. The van der Waals surface area contributed by atoms with Crippen molar-refractivity contribution in [3.63, 3.8) is 0 Å². The van der Waals surface area contributed by atoms with Crippen LogP contribution < -0.4 is 15.4 Å². The molecule has 0 amide bonds. The summed E-state index contributed by atoms with van der Waals surface area (Å²) >= 11 is 0. The van der Waals surface area contributed by atoms with Crippen LogP contribution in [-0.2, 0) is 33.0 Å². The number of rotatable bonds is 8. The lowest BCUT2D eigenvalue weighted by Gasteiger charge is -2.15. The highest BCUT2D eigenvalue weighted by molar-refractivity contribution is 5.79. The predicted octanol–water partition coefficient (Wildman–Crippen LogP) is 2.81. The zero-order chi connectivity index (χ0) is 18.9. The molecular formula is C20H31N5O. The second-order valence-corrected chi connectivity index (χ2v) is 6.02. The van der Waals surface area contributed by atoms with Crippen molar-refractivity contribution in [3.8, 4) is 5.75 Å². The van der Waals surface area contributed by atoms with Gasteiger partial charge < -0.3 is 15.4 Å². The molecule has 0 unspecified atom stereocenters. The van der Waals surface area contributed by atoms with Crippen LogP contribution in [0.25, 0.3) is 0 Å². The van der Waals surface area contributed by atoms with Gasteiger partial charge in [0.15, 0.2) is 5.96 Å². The Morgan fingerprint density at radius 3 is 2.50 bits per heavy atom. The van der Waals surface area contributed by atoms with Crippen molar-refractivity contribution in [1.29, 1.82) is 0 Å². The first-order chi connectivity index (χ1) is 12.6. The van der Waals surface area contributed by atoms with Crippen LogP contribution in [0.4, 0.5) is 0 Å². The Hall–Kier alpha value is -2.50. The molecule has 1 aromatic carbocycles. The van der Waals surface area contributed by atoms with Gasteiger partial charge in [0.05, 0.1) is 12.3 Å². The van der Waals surface area contributed by atoms with Crippen molar-refractivity contribution in [2.45, 2.75) is 46.7 Å². The Bertz CT molecular complexity index is 736. The first-order valence-corrected chi connectivity index (χ1v) is 9.33. The Morgan fingerprint density at radius 1 is 1.12 bits per heavy atom. The maximum absolute atomic E-state index is 5.68. The number of benzene rings is 1. The van der Waals surface area contributed by atoms with E-state index in [1.54, 1.807) is 7.05 Å². The Morgan fingerprint density at radius 2 is 1.85 bits per heavy atom.